The molecule has 3 aliphatic rings. The Hall–Kier alpha value is -3.65. The second kappa shape index (κ2) is 10.7. The number of phenols is 1. The van der Waals surface area contributed by atoms with Gasteiger partial charge in [0, 0.05) is 38.4 Å². The molecule has 3 unspecified atom stereocenters. The van der Waals surface area contributed by atoms with Crippen molar-refractivity contribution in [2.24, 2.45) is 17.6 Å². The summed E-state index contributed by atoms with van der Waals surface area (Å²) in [5.74, 6) is -7.98. The lowest BCUT2D eigenvalue weighted by Crippen LogP contribution is -2.63. The van der Waals surface area contributed by atoms with Gasteiger partial charge in [-0.05, 0) is 44.5 Å². The number of nitrogens with one attached hydrogen (secondary N) is 1. The fraction of sp³-hybridized carbons (Fsp3) is 0.462. The number of aliphatic hydroxyl groups excluding tert-OH is 2. The van der Waals surface area contributed by atoms with Gasteiger partial charge in [0.05, 0.1) is 17.3 Å². The van der Waals surface area contributed by atoms with E-state index in [2.05, 4.69) is 5.32 Å². The molecular formula is C26H33ClN4O9. The van der Waals surface area contributed by atoms with E-state index in [9.17, 15) is 39.6 Å². The number of methoxy groups -OCH3 is 1. The topological polar surface area (TPSA) is 203 Å². The number of ether oxygens (including phenoxy) is 1. The molecule has 0 heterocycles. The molecule has 0 fully saturated rings. The van der Waals surface area contributed by atoms with Crippen molar-refractivity contribution >= 4 is 47.2 Å². The van der Waals surface area contributed by atoms with Crippen molar-refractivity contribution in [3.05, 3.63) is 39.9 Å². The van der Waals surface area contributed by atoms with Crippen LogP contribution in [0.4, 0.5) is 11.4 Å². The molecule has 4 rings (SSSR count). The molecule has 0 saturated carbocycles. The number of carbonyl (C=O) groups is 4. The third-order valence-corrected chi connectivity index (χ3v) is 7.73. The maximum atomic E-state index is 13.9. The predicted octanol–water partition coefficient (Wildman–Crippen LogP) is 0.193. The van der Waals surface area contributed by atoms with E-state index in [1.54, 1.807) is 33.1 Å². The Bertz CT molecular complexity index is 1370. The molecule has 0 aromatic heterocycles. The molecule has 0 spiro atoms. The first kappa shape index (κ1) is 30.9. The lowest BCUT2D eigenvalue weighted by molar-refractivity contribution is -0.148. The van der Waals surface area contributed by atoms with Gasteiger partial charge in [0.1, 0.15) is 23.7 Å². The van der Waals surface area contributed by atoms with Gasteiger partial charge in [-0.2, -0.15) is 0 Å². The van der Waals surface area contributed by atoms with Gasteiger partial charge in [-0.15, -0.1) is 12.4 Å². The average Bonchev–Trinajstić information content (AvgIpc) is 2.82. The van der Waals surface area contributed by atoms with Crippen LogP contribution in [0.3, 0.4) is 0 Å². The molecule has 1 aromatic rings. The molecule has 0 bridgehead atoms. The summed E-state index contributed by atoms with van der Waals surface area (Å²) >= 11 is 0. The number of Topliss-reactive ketones (excluding diaryl/α,β-unsaturated/α-hetero) is 2. The van der Waals surface area contributed by atoms with Gasteiger partial charge in [-0.25, -0.2) is 0 Å². The third-order valence-electron chi connectivity index (χ3n) is 7.73. The fourth-order valence-electron chi connectivity index (χ4n) is 6.11. The van der Waals surface area contributed by atoms with Gasteiger partial charge in [-0.3, -0.25) is 24.1 Å². The summed E-state index contributed by atoms with van der Waals surface area (Å²) in [6.45, 7) is -0.304. The van der Waals surface area contributed by atoms with Crippen molar-refractivity contribution in [3.8, 4) is 5.75 Å². The minimum Gasteiger partial charge on any atom is -0.510 e. The van der Waals surface area contributed by atoms with Crippen LogP contribution in [0.1, 0.15) is 22.3 Å². The van der Waals surface area contributed by atoms with Crippen LogP contribution in [0.25, 0.3) is 0 Å². The number of phenolic OH excluding ortho intramolecular Hbond substituents is 1. The number of rotatable bonds is 6. The number of carbonyl (C=O) groups excluding carboxylic acids is 4. The van der Waals surface area contributed by atoms with Crippen LogP contribution in [0.15, 0.2) is 28.7 Å². The van der Waals surface area contributed by atoms with E-state index >= 15 is 0 Å². The number of aromatic hydroxyl groups is 1. The van der Waals surface area contributed by atoms with Gasteiger partial charge in [0.25, 0.3) is 5.91 Å². The number of likely N-dealkylation sites (N-methyl/N-ethyl adjacent to an activating group) is 1. The summed E-state index contributed by atoms with van der Waals surface area (Å²) in [7, 11) is 7.89. The summed E-state index contributed by atoms with van der Waals surface area (Å²) in [4.78, 5) is 54.8. The van der Waals surface area contributed by atoms with Crippen LogP contribution < -0.4 is 16.0 Å². The molecule has 1 aromatic carbocycles. The maximum absolute atomic E-state index is 13.9. The number of amides is 2. The molecule has 3 aliphatic carbocycles. The number of primary amides is 1. The van der Waals surface area contributed by atoms with E-state index in [0.29, 0.717) is 11.3 Å². The van der Waals surface area contributed by atoms with E-state index in [4.69, 9.17) is 10.5 Å². The number of aliphatic hydroxyl groups is 3. The Kier molecular flexibility index (Phi) is 8.28. The number of anilines is 2. The Morgan fingerprint density at radius 1 is 1.18 bits per heavy atom. The van der Waals surface area contributed by atoms with Crippen LogP contribution in [0.5, 0.6) is 5.75 Å². The zero-order chi connectivity index (χ0) is 29.1. The maximum Gasteiger partial charge on any atom is 0.255 e. The molecule has 0 radical (unpaired) electrons. The Balaban J connectivity index is 0.00000441. The molecule has 2 amide bonds. The van der Waals surface area contributed by atoms with Crippen molar-refractivity contribution in [2.45, 2.75) is 24.5 Å². The number of halogens is 1. The average molecular weight is 581 g/mol. The minimum atomic E-state index is -2.73. The standard InChI is InChI=1S/C26H32N4O9.ClH/c1-29(2)14-8-13(28-15(31)9-39-5)20(32)17-11(14)6-10-7-12-19(30(3)4)22(34)18(25(27)37)24(36)26(12,38)23(35)16(10)21(17)33;/h8,10,12,19,32,34-35,38H,6-7,9H2,1-5H3,(H2,27,37)(H,28,31);1H/t10?,12?,19-,26?;/m0./s1. The van der Waals surface area contributed by atoms with Crippen molar-refractivity contribution in [1.82, 2.24) is 4.90 Å². The number of hydrogen-bond acceptors (Lipinski definition) is 11. The van der Waals surface area contributed by atoms with Gasteiger partial charge in [0.2, 0.25) is 11.7 Å². The predicted molar refractivity (Wildman–Crippen MR) is 146 cm³/mol. The van der Waals surface area contributed by atoms with E-state index in [-0.39, 0.29) is 48.7 Å². The molecule has 13 nitrogen and oxygen atoms in total. The molecule has 4 atom stereocenters. The van der Waals surface area contributed by atoms with Crippen molar-refractivity contribution in [1.29, 1.82) is 0 Å². The highest BCUT2D eigenvalue weighted by atomic mass is 35.5. The second-order valence-electron chi connectivity index (χ2n) is 10.5. The van der Waals surface area contributed by atoms with Crippen LogP contribution in [0.2, 0.25) is 0 Å². The first-order valence-corrected chi connectivity index (χ1v) is 12.2. The van der Waals surface area contributed by atoms with E-state index < -0.39 is 69.7 Å². The van der Waals surface area contributed by atoms with Crippen LogP contribution in [-0.4, -0.2) is 102 Å². The Morgan fingerprint density at radius 2 is 1.80 bits per heavy atom. The zero-order valence-electron chi connectivity index (χ0n) is 22.6. The summed E-state index contributed by atoms with van der Waals surface area (Å²) < 4.78 is 4.81. The number of nitrogens with zero attached hydrogens (tertiary/aromatic N) is 2. The number of allylic oxidation sites excluding steroid dienone is 1. The van der Waals surface area contributed by atoms with Gasteiger partial charge >= 0.3 is 0 Å². The summed E-state index contributed by atoms with van der Waals surface area (Å²) in [5.41, 5.74) is 2.17. The van der Waals surface area contributed by atoms with Gasteiger partial charge in [0.15, 0.2) is 17.1 Å². The highest BCUT2D eigenvalue weighted by molar-refractivity contribution is 6.25. The summed E-state index contributed by atoms with van der Waals surface area (Å²) in [6, 6.07) is 0.443. The molecule has 0 saturated heterocycles. The number of nitrogens with two attached hydrogens (primary N) is 1. The third kappa shape index (κ3) is 4.38. The number of hydrogen-bond donors (Lipinski definition) is 6. The summed E-state index contributed by atoms with van der Waals surface area (Å²) in [5, 5.41) is 47.5. The van der Waals surface area contributed by atoms with Crippen molar-refractivity contribution < 1.29 is 44.3 Å². The number of benzene rings is 1. The Labute approximate surface area is 236 Å². The smallest absolute Gasteiger partial charge is 0.255 e. The fourth-order valence-corrected chi connectivity index (χ4v) is 6.11. The second-order valence-corrected chi connectivity index (χ2v) is 10.5. The molecule has 40 heavy (non-hydrogen) atoms. The van der Waals surface area contributed by atoms with Crippen molar-refractivity contribution in [2.75, 3.05) is 52.1 Å². The summed E-state index contributed by atoms with van der Waals surface area (Å²) in [6.07, 6.45) is 0.105. The number of fused-ring (bicyclic) bond motifs is 3. The first-order chi connectivity index (χ1) is 18.2. The van der Waals surface area contributed by atoms with Crippen molar-refractivity contribution in [3.63, 3.8) is 0 Å². The number of ketones is 2. The van der Waals surface area contributed by atoms with Gasteiger partial charge < -0.3 is 41.1 Å². The molecular weight excluding hydrogens is 548 g/mol. The lowest BCUT2D eigenvalue weighted by Gasteiger charge is -2.50. The molecule has 14 heteroatoms. The van der Waals surface area contributed by atoms with Crippen LogP contribution >= 0.6 is 12.4 Å². The monoisotopic (exact) mass is 580 g/mol. The largest absolute Gasteiger partial charge is 0.510 e. The Morgan fingerprint density at radius 3 is 2.33 bits per heavy atom. The minimum absolute atomic E-state index is 0. The van der Waals surface area contributed by atoms with Crippen LogP contribution in [0, 0.1) is 11.8 Å². The quantitative estimate of drug-likeness (QED) is 0.198. The first-order valence-electron chi connectivity index (χ1n) is 12.2. The van der Waals surface area contributed by atoms with Gasteiger partial charge in [-0.1, -0.05) is 0 Å². The molecule has 7 N–H and O–H groups in total. The van der Waals surface area contributed by atoms with E-state index in [1.807, 2.05) is 0 Å². The SMILES string of the molecule is COCC(=O)Nc1cc(N(C)C)c2c(c1O)C(=O)C1=C(O)C3(O)C(=O)C(C(N)=O)=C(O)[C@@H](N(C)C)C3CC1C2.Cl. The highest BCUT2D eigenvalue weighted by Crippen LogP contribution is 2.53. The highest BCUT2D eigenvalue weighted by Gasteiger charge is 2.63. The van der Waals surface area contributed by atoms with E-state index in [0.717, 1.165) is 0 Å². The van der Waals surface area contributed by atoms with E-state index in [1.165, 1.54) is 18.1 Å². The lowest BCUT2D eigenvalue weighted by atomic mass is 9.58. The molecule has 218 valence electrons. The zero-order valence-corrected chi connectivity index (χ0v) is 23.5. The molecule has 0 aliphatic heterocycles. The normalized spacial score (nSPS) is 25.6. The van der Waals surface area contributed by atoms with Crippen LogP contribution in [-0.2, 0) is 25.5 Å².